The van der Waals surface area contributed by atoms with Crippen LogP contribution >= 0.6 is 0 Å². The number of ether oxygens (including phenoxy) is 1. The van der Waals surface area contributed by atoms with E-state index in [1.165, 1.54) is 18.4 Å². The molecular formula is C23H37N3O2. The molecule has 3 rings (SSSR count). The molecule has 0 bridgehead atoms. The highest BCUT2D eigenvalue weighted by Gasteiger charge is 2.31. The van der Waals surface area contributed by atoms with E-state index in [9.17, 15) is 4.79 Å². The monoisotopic (exact) mass is 387 g/mol. The zero-order chi connectivity index (χ0) is 20.3. The first-order chi connectivity index (χ1) is 13.3. The van der Waals surface area contributed by atoms with E-state index in [-0.39, 0.29) is 18.1 Å². The molecule has 1 aromatic rings. The highest BCUT2D eigenvalue weighted by Crippen LogP contribution is 2.28. The molecule has 0 radical (unpaired) electrons. The minimum Gasteiger partial charge on any atom is -0.373 e. The van der Waals surface area contributed by atoms with Gasteiger partial charge in [0.05, 0.1) is 18.8 Å². The number of carbonyl (C=O) groups is 1. The van der Waals surface area contributed by atoms with Gasteiger partial charge < -0.3 is 10.1 Å². The van der Waals surface area contributed by atoms with Gasteiger partial charge in [-0.2, -0.15) is 0 Å². The van der Waals surface area contributed by atoms with Crippen molar-refractivity contribution in [2.24, 2.45) is 0 Å². The number of nitrogens with zero attached hydrogens (tertiary/aromatic N) is 2. The molecule has 0 aromatic heterocycles. The van der Waals surface area contributed by atoms with Gasteiger partial charge in [-0.05, 0) is 57.2 Å². The summed E-state index contributed by atoms with van der Waals surface area (Å²) >= 11 is 0. The summed E-state index contributed by atoms with van der Waals surface area (Å²) < 4.78 is 5.86. The number of benzene rings is 1. The average Bonchev–Trinajstić information content (AvgIpc) is 3.02. The van der Waals surface area contributed by atoms with E-state index < -0.39 is 0 Å². The average molecular weight is 388 g/mol. The number of nitrogens with one attached hydrogen (secondary N) is 1. The molecule has 5 heteroatoms. The molecule has 5 nitrogen and oxygen atoms in total. The Morgan fingerprint density at radius 2 is 1.96 bits per heavy atom. The zero-order valence-electron chi connectivity index (χ0n) is 18.2. The fourth-order valence-corrected chi connectivity index (χ4v) is 4.75. The van der Waals surface area contributed by atoms with Crippen LogP contribution in [0.3, 0.4) is 0 Å². The van der Waals surface area contributed by atoms with Gasteiger partial charge >= 0.3 is 0 Å². The van der Waals surface area contributed by atoms with Crippen molar-refractivity contribution in [3.8, 4) is 0 Å². The summed E-state index contributed by atoms with van der Waals surface area (Å²) in [6.45, 7) is 15.2. The molecule has 2 aliphatic heterocycles. The number of anilines is 1. The third kappa shape index (κ3) is 5.34. The zero-order valence-corrected chi connectivity index (χ0v) is 18.2. The van der Waals surface area contributed by atoms with Crippen LogP contribution in [0.1, 0.15) is 57.6 Å². The molecule has 2 aliphatic rings. The lowest BCUT2D eigenvalue weighted by Crippen LogP contribution is -2.50. The molecule has 1 N–H and O–H groups in total. The fourth-order valence-electron chi connectivity index (χ4n) is 4.75. The first-order valence-corrected chi connectivity index (χ1v) is 10.8. The molecule has 3 unspecified atom stereocenters. The summed E-state index contributed by atoms with van der Waals surface area (Å²) in [6.07, 6.45) is 2.93. The van der Waals surface area contributed by atoms with Crippen LogP contribution in [-0.4, -0.2) is 66.7 Å². The predicted molar refractivity (Wildman–Crippen MR) is 115 cm³/mol. The van der Waals surface area contributed by atoms with Gasteiger partial charge in [0.2, 0.25) is 5.91 Å². The number of amides is 1. The lowest BCUT2D eigenvalue weighted by molar-refractivity contribution is -0.117. The van der Waals surface area contributed by atoms with Crippen molar-refractivity contribution in [3.63, 3.8) is 0 Å². The van der Waals surface area contributed by atoms with Crippen molar-refractivity contribution < 1.29 is 9.53 Å². The number of para-hydroxylation sites is 1. The number of hydrogen-bond donors (Lipinski definition) is 1. The Bertz CT molecular complexity index is 666. The molecule has 2 fully saturated rings. The highest BCUT2D eigenvalue weighted by molar-refractivity contribution is 5.94. The van der Waals surface area contributed by atoms with Crippen molar-refractivity contribution in [2.75, 3.05) is 38.0 Å². The predicted octanol–water partition coefficient (Wildman–Crippen LogP) is 3.63. The van der Waals surface area contributed by atoms with E-state index in [1.54, 1.807) is 0 Å². The number of likely N-dealkylation sites (tertiary alicyclic amines) is 1. The second kappa shape index (κ2) is 9.38. The smallest absolute Gasteiger partial charge is 0.238 e. The summed E-state index contributed by atoms with van der Waals surface area (Å²) in [5, 5.41) is 3.21. The summed E-state index contributed by atoms with van der Waals surface area (Å²) in [5.74, 6) is 0.492. The van der Waals surface area contributed by atoms with E-state index in [1.807, 2.05) is 0 Å². The Kier molecular flexibility index (Phi) is 7.13. The Labute approximate surface area is 170 Å². The van der Waals surface area contributed by atoms with Gasteiger partial charge in [0.25, 0.3) is 0 Å². The first kappa shape index (κ1) is 21.3. The van der Waals surface area contributed by atoms with E-state index in [0.717, 1.165) is 37.4 Å². The second-order valence-corrected chi connectivity index (χ2v) is 8.98. The van der Waals surface area contributed by atoms with Crippen LogP contribution in [0.4, 0.5) is 5.69 Å². The minimum absolute atomic E-state index is 0.104. The molecular weight excluding hydrogens is 350 g/mol. The van der Waals surface area contributed by atoms with Crippen LogP contribution in [-0.2, 0) is 9.53 Å². The maximum absolute atomic E-state index is 12.9. The standard InChI is InChI=1S/C23H37N3O2/c1-16(2)21-10-6-8-17(3)23(21)24-22(27)15-26-11-7-9-20(26)14-25-12-18(4)28-19(5)13-25/h6,8,10,16,18-20H,7,9,11-15H2,1-5H3,(H,24,27). The van der Waals surface area contributed by atoms with Gasteiger partial charge in [0.15, 0.2) is 0 Å². The number of rotatable bonds is 6. The molecule has 2 heterocycles. The molecule has 0 spiro atoms. The van der Waals surface area contributed by atoms with Crippen LogP contribution in [0, 0.1) is 6.92 Å². The van der Waals surface area contributed by atoms with E-state index in [4.69, 9.17) is 4.74 Å². The van der Waals surface area contributed by atoms with E-state index in [2.05, 4.69) is 67.9 Å². The van der Waals surface area contributed by atoms with E-state index in [0.29, 0.717) is 18.5 Å². The molecule has 156 valence electrons. The molecule has 1 aromatic carbocycles. The van der Waals surface area contributed by atoms with Crippen LogP contribution in [0.15, 0.2) is 18.2 Å². The summed E-state index contributed by atoms with van der Waals surface area (Å²) in [5.41, 5.74) is 3.34. The Hall–Kier alpha value is -1.43. The topological polar surface area (TPSA) is 44.8 Å². The van der Waals surface area contributed by atoms with Crippen molar-refractivity contribution in [3.05, 3.63) is 29.3 Å². The normalized spacial score (nSPS) is 26.7. The van der Waals surface area contributed by atoms with Crippen molar-refractivity contribution in [2.45, 2.75) is 71.6 Å². The molecule has 1 amide bonds. The lowest BCUT2D eigenvalue weighted by atomic mass is 9.98. The summed E-state index contributed by atoms with van der Waals surface area (Å²) in [4.78, 5) is 17.7. The summed E-state index contributed by atoms with van der Waals surface area (Å²) in [6, 6.07) is 6.72. The SMILES string of the molecule is Cc1cccc(C(C)C)c1NC(=O)CN1CCCC1CN1CC(C)OC(C)C1. The van der Waals surface area contributed by atoms with Gasteiger partial charge in [0, 0.05) is 31.4 Å². The Morgan fingerprint density at radius 3 is 2.64 bits per heavy atom. The highest BCUT2D eigenvalue weighted by atomic mass is 16.5. The van der Waals surface area contributed by atoms with Gasteiger partial charge in [-0.25, -0.2) is 0 Å². The summed E-state index contributed by atoms with van der Waals surface area (Å²) in [7, 11) is 0. The van der Waals surface area contributed by atoms with Crippen LogP contribution in [0.2, 0.25) is 0 Å². The molecule has 0 aliphatic carbocycles. The van der Waals surface area contributed by atoms with Crippen LogP contribution in [0.5, 0.6) is 0 Å². The van der Waals surface area contributed by atoms with Crippen LogP contribution < -0.4 is 5.32 Å². The maximum Gasteiger partial charge on any atom is 0.238 e. The minimum atomic E-state index is 0.104. The molecule has 2 saturated heterocycles. The third-order valence-electron chi connectivity index (χ3n) is 6.00. The first-order valence-electron chi connectivity index (χ1n) is 10.8. The number of hydrogen-bond acceptors (Lipinski definition) is 4. The third-order valence-corrected chi connectivity index (χ3v) is 6.00. The maximum atomic E-state index is 12.9. The van der Waals surface area contributed by atoms with Crippen molar-refractivity contribution in [1.29, 1.82) is 0 Å². The number of aryl methyl sites for hydroxylation is 1. The quantitative estimate of drug-likeness (QED) is 0.810. The largest absolute Gasteiger partial charge is 0.373 e. The van der Waals surface area contributed by atoms with Gasteiger partial charge in [0.1, 0.15) is 0 Å². The second-order valence-electron chi connectivity index (χ2n) is 8.98. The Morgan fingerprint density at radius 1 is 1.25 bits per heavy atom. The van der Waals surface area contributed by atoms with Crippen molar-refractivity contribution >= 4 is 11.6 Å². The lowest BCUT2D eigenvalue weighted by Gasteiger charge is -2.38. The number of carbonyl (C=O) groups excluding carboxylic acids is 1. The number of morpholine rings is 1. The van der Waals surface area contributed by atoms with E-state index >= 15 is 0 Å². The van der Waals surface area contributed by atoms with Crippen molar-refractivity contribution in [1.82, 2.24) is 9.80 Å². The van der Waals surface area contributed by atoms with Gasteiger partial charge in [-0.1, -0.05) is 32.0 Å². The van der Waals surface area contributed by atoms with Gasteiger partial charge in [-0.3, -0.25) is 14.6 Å². The Balaban J connectivity index is 1.59. The van der Waals surface area contributed by atoms with Crippen LogP contribution in [0.25, 0.3) is 0 Å². The molecule has 3 atom stereocenters. The fraction of sp³-hybridized carbons (Fsp3) is 0.696. The molecule has 28 heavy (non-hydrogen) atoms. The van der Waals surface area contributed by atoms with Gasteiger partial charge in [-0.15, -0.1) is 0 Å². The molecule has 0 saturated carbocycles.